The molecule has 1 aromatic rings. The van der Waals surface area contributed by atoms with E-state index < -0.39 is 60.2 Å². The first-order chi connectivity index (χ1) is 16.1. The number of thioether (sulfide) groups is 1. The third kappa shape index (κ3) is 10.4. The van der Waals surface area contributed by atoms with Crippen molar-refractivity contribution in [3.05, 3.63) is 35.9 Å². The molecule has 1 rings (SSSR count). The van der Waals surface area contributed by atoms with Gasteiger partial charge in [0.1, 0.15) is 18.1 Å². The highest BCUT2D eigenvalue weighted by molar-refractivity contribution is 7.98. The van der Waals surface area contributed by atoms with Gasteiger partial charge < -0.3 is 32.5 Å². The molecule has 11 nitrogen and oxygen atoms in total. The highest BCUT2D eigenvalue weighted by Gasteiger charge is 2.30. The molecule has 0 spiro atoms. The molecule has 4 unspecified atom stereocenters. The summed E-state index contributed by atoms with van der Waals surface area (Å²) < 4.78 is 0. The molecule has 34 heavy (non-hydrogen) atoms. The second-order valence-electron chi connectivity index (χ2n) is 7.45. The van der Waals surface area contributed by atoms with Crippen molar-refractivity contribution in [1.29, 1.82) is 0 Å². The van der Waals surface area contributed by atoms with E-state index in [2.05, 4.69) is 28.6 Å². The molecule has 4 amide bonds. The van der Waals surface area contributed by atoms with E-state index in [0.29, 0.717) is 5.75 Å². The van der Waals surface area contributed by atoms with Crippen molar-refractivity contribution >= 4 is 54.0 Å². The first-order valence-corrected chi connectivity index (χ1v) is 12.4. The van der Waals surface area contributed by atoms with Gasteiger partial charge >= 0.3 is 5.97 Å². The van der Waals surface area contributed by atoms with Crippen molar-refractivity contribution in [1.82, 2.24) is 16.0 Å². The van der Waals surface area contributed by atoms with Gasteiger partial charge in [0.05, 0.1) is 12.5 Å². The molecule has 0 aliphatic carbocycles. The zero-order valence-corrected chi connectivity index (χ0v) is 20.4. The molecule has 0 aliphatic rings. The smallest absolute Gasteiger partial charge is 0.327 e. The van der Waals surface area contributed by atoms with Crippen LogP contribution in [0, 0.1) is 0 Å². The molecule has 0 heterocycles. The minimum atomic E-state index is -1.36. The Bertz CT molecular complexity index is 857. The van der Waals surface area contributed by atoms with Gasteiger partial charge in [-0.1, -0.05) is 30.3 Å². The predicted octanol–water partition coefficient (Wildman–Crippen LogP) is -1.35. The molecule has 0 aromatic heterocycles. The normalized spacial score (nSPS) is 14.2. The van der Waals surface area contributed by atoms with Gasteiger partial charge in [-0.15, -0.1) is 0 Å². The number of aliphatic carboxylic acids is 1. The number of amides is 4. The Labute approximate surface area is 207 Å². The quantitative estimate of drug-likeness (QED) is 0.140. The Morgan fingerprint density at radius 3 is 2.06 bits per heavy atom. The van der Waals surface area contributed by atoms with Crippen molar-refractivity contribution < 1.29 is 29.1 Å². The molecule has 8 N–H and O–H groups in total. The van der Waals surface area contributed by atoms with Crippen LogP contribution in [0.4, 0.5) is 0 Å². The second kappa shape index (κ2) is 15.2. The van der Waals surface area contributed by atoms with E-state index >= 15 is 0 Å². The third-order valence-electron chi connectivity index (χ3n) is 4.71. The summed E-state index contributed by atoms with van der Waals surface area (Å²) in [5, 5.41) is 16.3. The van der Waals surface area contributed by atoms with Gasteiger partial charge in [0.25, 0.3) is 0 Å². The minimum absolute atomic E-state index is 0.149. The maximum absolute atomic E-state index is 12.9. The fraction of sp³-hybridized carbons (Fsp3) is 0.476. The van der Waals surface area contributed by atoms with Gasteiger partial charge in [-0.2, -0.15) is 24.4 Å². The number of primary amides is 1. The Balaban J connectivity index is 2.91. The lowest BCUT2D eigenvalue weighted by Crippen LogP contribution is -2.58. The van der Waals surface area contributed by atoms with Crippen LogP contribution >= 0.6 is 24.4 Å². The second-order valence-corrected chi connectivity index (χ2v) is 8.80. The molecule has 0 fully saturated rings. The fourth-order valence-electron chi connectivity index (χ4n) is 2.88. The Morgan fingerprint density at radius 1 is 0.971 bits per heavy atom. The van der Waals surface area contributed by atoms with Crippen LogP contribution in [0.5, 0.6) is 0 Å². The summed E-state index contributed by atoms with van der Waals surface area (Å²) in [5.41, 5.74) is 12.0. The number of hydrogen-bond donors (Lipinski definition) is 7. The van der Waals surface area contributed by atoms with E-state index in [9.17, 15) is 24.0 Å². The van der Waals surface area contributed by atoms with E-state index in [-0.39, 0.29) is 18.6 Å². The summed E-state index contributed by atoms with van der Waals surface area (Å²) in [6.45, 7) is 0. The van der Waals surface area contributed by atoms with Crippen LogP contribution < -0.4 is 27.4 Å². The summed E-state index contributed by atoms with van der Waals surface area (Å²) >= 11 is 5.32. The van der Waals surface area contributed by atoms with Gasteiger partial charge in [0, 0.05) is 5.75 Å². The van der Waals surface area contributed by atoms with Gasteiger partial charge in [0.2, 0.25) is 23.6 Å². The van der Waals surface area contributed by atoms with Crippen LogP contribution in [0.2, 0.25) is 0 Å². The number of thiol groups is 1. The SMILES string of the molecule is CSCCC(NC(=O)C(CC(N)=O)NC(=O)C(N)Cc1ccccc1)C(=O)NC(CS)C(=O)O. The van der Waals surface area contributed by atoms with E-state index in [1.807, 2.05) is 6.07 Å². The maximum atomic E-state index is 12.9. The third-order valence-corrected chi connectivity index (χ3v) is 5.72. The minimum Gasteiger partial charge on any atom is -0.480 e. The number of hydrogen-bond acceptors (Lipinski definition) is 8. The van der Waals surface area contributed by atoms with Crippen molar-refractivity contribution in [2.75, 3.05) is 17.8 Å². The highest BCUT2D eigenvalue weighted by Crippen LogP contribution is 2.06. The van der Waals surface area contributed by atoms with Crippen molar-refractivity contribution in [2.45, 2.75) is 43.4 Å². The first-order valence-electron chi connectivity index (χ1n) is 10.4. The lowest BCUT2D eigenvalue weighted by molar-refractivity contribution is -0.141. The van der Waals surface area contributed by atoms with Gasteiger partial charge in [0.15, 0.2) is 0 Å². The van der Waals surface area contributed by atoms with Gasteiger partial charge in [-0.05, 0) is 30.4 Å². The number of carboxylic acids is 1. The Kier molecular flexibility index (Phi) is 13.1. The Hall–Kier alpha value is -2.77. The zero-order chi connectivity index (χ0) is 25.7. The number of benzene rings is 1. The standard InChI is InChI=1S/C21H31N5O6S2/c1-34-8-7-14(19(29)26-16(11-33)21(31)32)24-20(30)15(10-17(23)27)25-18(28)13(22)9-12-5-3-2-4-6-12/h2-6,13-16,33H,7-11,22H2,1H3,(H2,23,27)(H,24,30)(H,25,28)(H,26,29)(H,31,32). The number of nitrogens with one attached hydrogen (secondary N) is 3. The average molecular weight is 514 g/mol. The number of rotatable bonds is 15. The molecule has 4 atom stereocenters. The lowest BCUT2D eigenvalue weighted by Gasteiger charge is -2.24. The number of nitrogens with two attached hydrogens (primary N) is 2. The van der Waals surface area contributed by atoms with Crippen LogP contribution in [-0.4, -0.2) is 76.6 Å². The van der Waals surface area contributed by atoms with Crippen LogP contribution in [0.25, 0.3) is 0 Å². The predicted molar refractivity (Wildman–Crippen MR) is 132 cm³/mol. The van der Waals surface area contributed by atoms with E-state index in [1.165, 1.54) is 11.8 Å². The van der Waals surface area contributed by atoms with Crippen molar-refractivity contribution in [3.63, 3.8) is 0 Å². The summed E-state index contributed by atoms with van der Waals surface area (Å²) in [7, 11) is 0. The molecule has 0 bridgehead atoms. The van der Waals surface area contributed by atoms with Crippen molar-refractivity contribution in [2.24, 2.45) is 11.5 Å². The topological polar surface area (TPSA) is 194 Å². The van der Waals surface area contributed by atoms with Crippen molar-refractivity contribution in [3.8, 4) is 0 Å². The van der Waals surface area contributed by atoms with Crippen LogP contribution in [0.3, 0.4) is 0 Å². The largest absolute Gasteiger partial charge is 0.480 e. The van der Waals surface area contributed by atoms with E-state index in [1.54, 1.807) is 30.5 Å². The van der Waals surface area contributed by atoms with E-state index in [4.69, 9.17) is 16.6 Å². The molecular formula is C21H31N5O6S2. The van der Waals surface area contributed by atoms with Gasteiger partial charge in [-0.25, -0.2) is 4.79 Å². The monoisotopic (exact) mass is 513 g/mol. The molecule has 13 heteroatoms. The van der Waals surface area contributed by atoms with E-state index in [0.717, 1.165) is 5.56 Å². The summed E-state index contributed by atoms with van der Waals surface area (Å²) in [6.07, 6.45) is 1.68. The summed E-state index contributed by atoms with van der Waals surface area (Å²) in [4.78, 5) is 60.8. The van der Waals surface area contributed by atoms with Gasteiger partial charge in [-0.3, -0.25) is 19.2 Å². The summed E-state index contributed by atoms with van der Waals surface area (Å²) in [5.74, 6) is -4.01. The fourth-order valence-corrected chi connectivity index (χ4v) is 3.60. The maximum Gasteiger partial charge on any atom is 0.327 e. The number of carbonyl (C=O) groups excluding carboxylic acids is 4. The molecular weight excluding hydrogens is 482 g/mol. The van der Waals surface area contributed by atoms with Crippen LogP contribution in [-0.2, 0) is 30.4 Å². The number of carboxylic acid groups (broad SMARTS) is 1. The highest BCUT2D eigenvalue weighted by atomic mass is 32.2. The lowest BCUT2D eigenvalue weighted by atomic mass is 10.0. The average Bonchev–Trinajstić information content (AvgIpc) is 2.79. The first kappa shape index (κ1) is 29.3. The molecule has 188 valence electrons. The Morgan fingerprint density at radius 2 is 1.53 bits per heavy atom. The molecule has 0 aliphatic heterocycles. The molecule has 0 saturated carbocycles. The molecule has 0 radical (unpaired) electrons. The number of carbonyl (C=O) groups is 5. The zero-order valence-electron chi connectivity index (χ0n) is 18.7. The van der Waals surface area contributed by atoms with Crippen LogP contribution in [0.15, 0.2) is 30.3 Å². The van der Waals surface area contributed by atoms with Crippen LogP contribution in [0.1, 0.15) is 18.4 Å². The summed E-state index contributed by atoms with van der Waals surface area (Å²) in [6, 6.07) is 4.30. The molecule has 0 saturated heterocycles. The molecule has 1 aromatic carbocycles.